The summed E-state index contributed by atoms with van der Waals surface area (Å²) in [5, 5.41) is 3.06. The summed E-state index contributed by atoms with van der Waals surface area (Å²) < 4.78 is 0. The second kappa shape index (κ2) is 8.38. The van der Waals surface area contributed by atoms with Crippen molar-refractivity contribution in [3.05, 3.63) is 70.8 Å². The van der Waals surface area contributed by atoms with Gasteiger partial charge in [-0.15, -0.1) is 0 Å². The first-order chi connectivity index (χ1) is 13.4. The zero-order chi connectivity index (χ0) is 20.3. The third-order valence-electron chi connectivity index (χ3n) is 5.17. The molecule has 1 aliphatic rings. The van der Waals surface area contributed by atoms with Crippen LogP contribution < -0.4 is 5.32 Å². The van der Waals surface area contributed by atoms with Gasteiger partial charge in [0.2, 0.25) is 5.91 Å². The van der Waals surface area contributed by atoms with Crippen LogP contribution in [-0.4, -0.2) is 29.2 Å². The van der Waals surface area contributed by atoms with E-state index in [1.165, 1.54) is 5.56 Å². The molecule has 3 amide bonds. The fourth-order valence-corrected chi connectivity index (χ4v) is 3.50. The van der Waals surface area contributed by atoms with Crippen molar-refractivity contribution in [3.63, 3.8) is 0 Å². The highest BCUT2D eigenvalue weighted by Gasteiger charge is 2.35. The molecular weight excluding hydrogens is 352 g/mol. The van der Waals surface area contributed by atoms with Gasteiger partial charge >= 0.3 is 0 Å². The Labute approximate surface area is 165 Å². The van der Waals surface area contributed by atoms with Gasteiger partial charge in [0.05, 0.1) is 17.2 Å². The fraction of sp³-hybridized carbons (Fsp3) is 0.348. The van der Waals surface area contributed by atoms with E-state index in [0.717, 1.165) is 16.9 Å². The SMILES string of the molecule is CCc1ccc([C@H](NC(=O)CCN2C(=O)c3ccccc3C2=O)C(C)C)cc1. The predicted molar refractivity (Wildman–Crippen MR) is 108 cm³/mol. The largest absolute Gasteiger partial charge is 0.349 e. The van der Waals surface area contributed by atoms with Gasteiger partial charge < -0.3 is 5.32 Å². The van der Waals surface area contributed by atoms with Crippen molar-refractivity contribution in [1.29, 1.82) is 0 Å². The molecule has 0 saturated heterocycles. The Hall–Kier alpha value is -2.95. The van der Waals surface area contributed by atoms with Crippen molar-refractivity contribution in [2.24, 2.45) is 5.92 Å². The van der Waals surface area contributed by atoms with E-state index in [2.05, 4.69) is 38.2 Å². The summed E-state index contributed by atoms with van der Waals surface area (Å²) in [6.45, 7) is 6.30. The molecule has 0 aliphatic carbocycles. The molecule has 1 aliphatic heterocycles. The lowest BCUT2D eigenvalue weighted by Crippen LogP contribution is -2.37. The number of amides is 3. The van der Waals surface area contributed by atoms with Crippen LogP contribution >= 0.6 is 0 Å². The smallest absolute Gasteiger partial charge is 0.261 e. The van der Waals surface area contributed by atoms with Gasteiger partial charge in [-0.1, -0.05) is 57.2 Å². The van der Waals surface area contributed by atoms with Crippen molar-refractivity contribution >= 4 is 17.7 Å². The number of carbonyl (C=O) groups excluding carboxylic acids is 3. The molecule has 0 radical (unpaired) electrons. The van der Waals surface area contributed by atoms with Crippen LogP contribution in [0.5, 0.6) is 0 Å². The van der Waals surface area contributed by atoms with Gasteiger partial charge in [0, 0.05) is 13.0 Å². The summed E-state index contributed by atoms with van der Waals surface area (Å²) in [5.41, 5.74) is 3.12. The molecule has 0 unspecified atom stereocenters. The quantitative estimate of drug-likeness (QED) is 0.746. The lowest BCUT2D eigenvalue weighted by Gasteiger charge is -2.24. The normalized spacial score (nSPS) is 14.4. The summed E-state index contributed by atoms with van der Waals surface area (Å²) >= 11 is 0. The van der Waals surface area contributed by atoms with Crippen LogP contribution in [0, 0.1) is 5.92 Å². The lowest BCUT2D eigenvalue weighted by atomic mass is 9.94. The van der Waals surface area contributed by atoms with Crippen molar-refractivity contribution in [1.82, 2.24) is 10.2 Å². The number of nitrogens with zero attached hydrogens (tertiary/aromatic N) is 1. The number of nitrogens with one attached hydrogen (secondary N) is 1. The van der Waals surface area contributed by atoms with Gasteiger partial charge in [0.25, 0.3) is 11.8 Å². The molecule has 1 atom stereocenters. The molecule has 1 heterocycles. The first kappa shape index (κ1) is 19.8. The zero-order valence-electron chi connectivity index (χ0n) is 16.6. The second-order valence-electron chi connectivity index (χ2n) is 7.44. The highest BCUT2D eigenvalue weighted by atomic mass is 16.2. The minimum atomic E-state index is -0.330. The monoisotopic (exact) mass is 378 g/mol. The zero-order valence-corrected chi connectivity index (χ0v) is 16.6. The van der Waals surface area contributed by atoms with Gasteiger partial charge in [-0.2, -0.15) is 0 Å². The molecule has 5 nitrogen and oxygen atoms in total. The number of aryl methyl sites for hydroxylation is 1. The second-order valence-corrected chi connectivity index (χ2v) is 7.44. The van der Waals surface area contributed by atoms with E-state index in [9.17, 15) is 14.4 Å². The Morgan fingerprint density at radius 1 is 0.964 bits per heavy atom. The van der Waals surface area contributed by atoms with E-state index >= 15 is 0 Å². The molecule has 3 rings (SSSR count). The van der Waals surface area contributed by atoms with Crippen molar-refractivity contribution < 1.29 is 14.4 Å². The van der Waals surface area contributed by atoms with Crippen LogP contribution in [0.3, 0.4) is 0 Å². The Morgan fingerprint density at radius 3 is 2.04 bits per heavy atom. The maximum Gasteiger partial charge on any atom is 0.261 e. The van der Waals surface area contributed by atoms with Gasteiger partial charge in [-0.25, -0.2) is 0 Å². The molecule has 0 fully saturated rings. The van der Waals surface area contributed by atoms with Crippen LogP contribution in [0.25, 0.3) is 0 Å². The minimum Gasteiger partial charge on any atom is -0.349 e. The topological polar surface area (TPSA) is 66.5 Å². The van der Waals surface area contributed by atoms with Gasteiger partial charge in [-0.05, 0) is 35.6 Å². The number of benzene rings is 2. The molecule has 2 aromatic rings. The first-order valence-corrected chi connectivity index (χ1v) is 9.75. The summed E-state index contributed by atoms with van der Waals surface area (Å²) in [6, 6.07) is 14.9. The number of hydrogen-bond acceptors (Lipinski definition) is 3. The molecule has 5 heteroatoms. The van der Waals surface area contributed by atoms with Gasteiger partial charge in [0.15, 0.2) is 0 Å². The number of fused-ring (bicyclic) bond motifs is 1. The van der Waals surface area contributed by atoms with E-state index in [1.807, 2.05) is 12.1 Å². The van der Waals surface area contributed by atoms with E-state index in [1.54, 1.807) is 24.3 Å². The fourth-order valence-electron chi connectivity index (χ4n) is 3.50. The van der Waals surface area contributed by atoms with E-state index < -0.39 is 0 Å². The van der Waals surface area contributed by atoms with Crippen LogP contribution in [0.4, 0.5) is 0 Å². The first-order valence-electron chi connectivity index (χ1n) is 9.75. The average Bonchev–Trinajstić information content (AvgIpc) is 2.95. The summed E-state index contributed by atoms with van der Waals surface area (Å²) in [5.74, 6) is -0.613. The van der Waals surface area contributed by atoms with Crippen LogP contribution in [-0.2, 0) is 11.2 Å². The predicted octanol–water partition coefficient (Wildman–Crippen LogP) is 3.75. The average molecular weight is 378 g/mol. The van der Waals surface area contributed by atoms with Crippen molar-refractivity contribution in [3.8, 4) is 0 Å². The van der Waals surface area contributed by atoms with Gasteiger partial charge in [-0.3, -0.25) is 19.3 Å². The Morgan fingerprint density at radius 2 is 1.54 bits per heavy atom. The third-order valence-corrected chi connectivity index (χ3v) is 5.17. The highest BCUT2D eigenvalue weighted by Crippen LogP contribution is 2.24. The number of hydrogen-bond donors (Lipinski definition) is 1. The summed E-state index contributed by atoms with van der Waals surface area (Å²) in [7, 11) is 0. The van der Waals surface area contributed by atoms with Gasteiger partial charge in [0.1, 0.15) is 0 Å². The number of rotatable bonds is 7. The Kier molecular flexibility index (Phi) is 5.93. The molecular formula is C23H26N2O3. The summed E-state index contributed by atoms with van der Waals surface area (Å²) in [4.78, 5) is 38.5. The molecule has 28 heavy (non-hydrogen) atoms. The third kappa shape index (κ3) is 3.98. The van der Waals surface area contributed by atoms with E-state index in [-0.39, 0.29) is 42.6 Å². The minimum absolute atomic E-state index is 0.0811. The Balaban J connectivity index is 1.63. The molecule has 0 bridgehead atoms. The molecule has 2 aromatic carbocycles. The lowest BCUT2D eigenvalue weighted by molar-refractivity contribution is -0.122. The Bertz CT molecular complexity index is 852. The number of imide groups is 1. The van der Waals surface area contributed by atoms with Crippen molar-refractivity contribution in [2.45, 2.75) is 39.7 Å². The van der Waals surface area contributed by atoms with E-state index in [0.29, 0.717) is 11.1 Å². The molecule has 0 saturated carbocycles. The molecule has 0 aromatic heterocycles. The molecule has 1 N–H and O–H groups in total. The number of carbonyl (C=O) groups is 3. The summed E-state index contributed by atoms with van der Waals surface area (Å²) in [6.07, 6.45) is 1.06. The molecule has 146 valence electrons. The van der Waals surface area contributed by atoms with Crippen LogP contribution in [0.2, 0.25) is 0 Å². The van der Waals surface area contributed by atoms with E-state index in [4.69, 9.17) is 0 Å². The highest BCUT2D eigenvalue weighted by molar-refractivity contribution is 6.21. The van der Waals surface area contributed by atoms with Crippen LogP contribution in [0.1, 0.15) is 65.1 Å². The maximum atomic E-state index is 12.5. The standard InChI is InChI=1S/C23H26N2O3/c1-4-16-9-11-17(12-10-16)21(15(2)3)24-20(26)13-14-25-22(27)18-7-5-6-8-19(18)23(25)28/h5-12,15,21H,4,13-14H2,1-3H3,(H,24,26)/t21-/m1/s1. The molecule has 0 spiro atoms. The van der Waals surface area contributed by atoms with Crippen LogP contribution in [0.15, 0.2) is 48.5 Å². The van der Waals surface area contributed by atoms with Crippen molar-refractivity contribution in [2.75, 3.05) is 6.54 Å². The maximum absolute atomic E-state index is 12.5.